The first-order valence-corrected chi connectivity index (χ1v) is 10.8. The SMILES string of the molecule is O=C1C2Sc3[nH]c(=O)sc3C(c3ccccc3O)C2C(=O)N1c1ccc(Cl)cc1. The number of carbonyl (C=O) groups excluding carboxylic acids is 2. The van der Waals surface area contributed by atoms with Crippen LogP contribution in [0.3, 0.4) is 0 Å². The molecular formula is C20H13ClN2O4S2. The van der Waals surface area contributed by atoms with Gasteiger partial charge in [-0.05, 0) is 30.3 Å². The van der Waals surface area contributed by atoms with Gasteiger partial charge in [-0.25, -0.2) is 4.90 Å². The second kappa shape index (κ2) is 6.76. The third kappa shape index (κ3) is 2.82. The largest absolute Gasteiger partial charge is 0.508 e. The van der Waals surface area contributed by atoms with Gasteiger partial charge in [-0.15, -0.1) is 0 Å². The van der Waals surface area contributed by atoms with Crippen molar-refractivity contribution in [2.24, 2.45) is 5.92 Å². The highest BCUT2D eigenvalue weighted by Crippen LogP contribution is 2.54. The summed E-state index contributed by atoms with van der Waals surface area (Å²) in [4.78, 5) is 43.0. The average Bonchev–Trinajstić information content (AvgIpc) is 3.19. The van der Waals surface area contributed by atoms with E-state index in [4.69, 9.17) is 11.6 Å². The Bertz CT molecular complexity index is 1200. The van der Waals surface area contributed by atoms with E-state index >= 15 is 0 Å². The third-order valence-electron chi connectivity index (χ3n) is 5.18. The van der Waals surface area contributed by atoms with Gasteiger partial charge in [0.05, 0.1) is 16.6 Å². The van der Waals surface area contributed by atoms with Crippen molar-refractivity contribution in [1.29, 1.82) is 0 Å². The van der Waals surface area contributed by atoms with E-state index in [1.165, 1.54) is 16.7 Å². The number of halogens is 1. The number of H-pyrrole nitrogens is 1. The van der Waals surface area contributed by atoms with E-state index in [1.54, 1.807) is 48.5 Å². The number of thioether (sulfide) groups is 1. The summed E-state index contributed by atoms with van der Waals surface area (Å²) in [5.41, 5.74) is 0.977. The predicted octanol–water partition coefficient (Wildman–Crippen LogP) is 3.59. The van der Waals surface area contributed by atoms with Crippen molar-refractivity contribution in [2.45, 2.75) is 16.2 Å². The van der Waals surface area contributed by atoms with Gasteiger partial charge in [-0.3, -0.25) is 14.4 Å². The number of aromatic amines is 1. The van der Waals surface area contributed by atoms with Gasteiger partial charge in [-0.1, -0.05) is 52.9 Å². The number of hydrogen-bond acceptors (Lipinski definition) is 6. The molecule has 0 radical (unpaired) electrons. The van der Waals surface area contributed by atoms with Gasteiger partial charge in [0.2, 0.25) is 11.8 Å². The van der Waals surface area contributed by atoms with E-state index in [0.717, 1.165) is 11.3 Å². The van der Waals surface area contributed by atoms with E-state index in [0.29, 0.717) is 26.2 Å². The molecule has 1 fully saturated rings. The molecule has 146 valence electrons. The first kappa shape index (κ1) is 18.5. The second-order valence-corrected chi connectivity index (χ2v) is 9.40. The summed E-state index contributed by atoms with van der Waals surface area (Å²) < 4.78 is 0. The van der Waals surface area contributed by atoms with Crippen molar-refractivity contribution in [3.05, 3.63) is 73.7 Å². The fourth-order valence-corrected chi connectivity index (χ4v) is 6.58. The van der Waals surface area contributed by atoms with Gasteiger partial charge in [0.15, 0.2) is 0 Å². The van der Waals surface area contributed by atoms with Gasteiger partial charge in [0.1, 0.15) is 11.0 Å². The molecule has 2 aromatic carbocycles. The summed E-state index contributed by atoms with van der Waals surface area (Å²) in [7, 11) is 0. The average molecular weight is 445 g/mol. The molecule has 0 saturated carbocycles. The topological polar surface area (TPSA) is 90.5 Å². The molecule has 29 heavy (non-hydrogen) atoms. The molecule has 3 atom stereocenters. The molecule has 1 aromatic heterocycles. The van der Waals surface area contributed by atoms with Crippen LogP contribution < -0.4 is 9.77 Å². The molecule has 1 saturated heterocycles. The van der Waals surface area contributed by atoms with Crippen molar-refractivity contribution >= 4 is 52.2 Å². The number of para-hydroxylation sites is 1. The number of phenols is 1. The van der Waals surface area contributed by atoms with Gasteiger partial charge in [0, 0.05) is 21.4 Å². The minimum Gasteiger partial charge on any atom is -0.508 e. The van der Waals surface area contributed by atoms with Crippen molar-refractivity contribution in [2.75, 3.05) is 4.90 Å². The van der Waals surface area contributed by atoms with E-state index < -0.39 is 17.1 Å². The number of phenolic OH excluding ortho intramolecular Hbond substituents is 1. The summed E-state index contributed by atoms with van der Waals surface area (Å²) in [6.45, 7) is 0. The zero-order chi connectivity index (χ0) is 20.3. The quantitative estimate of drug-likeness (QED) is 0.589. The minimum absolute atomic E-state index is 0.0279. The fourth-order valence-electron chi connectivity index (χ4n) is 3.95. The Morgan fingerprint density at radius 2 is 1.72 bits per heavy atom. The normalized spacial score (nSPS) is 23.2. The highest BCUT2D eigenvalue weighted by atomic mass is 35.5. The summed E-state index contributed by atoms with van der Waals surface area (Å²) in [6.07, 6.45) is 0. The number of aromatic nitrogens is 1. The molecule has 2 aliphatic heterocycles. The number of nitrogens with zero attached hydrogens (tertiary/aromatic N) is 1. The van der Waals surface area contributed by atoms with E-state index in [2.05, 4.69) is 4.98 Å². The van der Waals surface area contributed by atoms with Crippen molar-refractivity contribution in [3.63, 3.8) is 0 Å². The molecule has 2 amide bonds. The van der Waals surface area contributed by atoms with Gasteiger partial charge in [0.25, 0.3) is 0 Å². The van der Waals surface area contributed by atoms with Crippen LogP contribution in [0.4, 0.5) is 5.69 Å². The second-order valence-electron chi connectivity index (χ2n) is 6.80. The molecule has 5 rings (SSSR count). The van der Waals surface area contributed by atoms with E-state index in [9.17, 15) is 19.5 Å². The summed E-state index contributed by atoms with van der Waals surface area (Å²) >= 11 is 8.15. The smallest absolute Gasteiger partial charge is 0.305 e. The number of carbonyl (C=O) groups is 2. The Morgan fingerprint density at radius 1 is 1.00 bits per heavy atom. The maximum Gasteiger partial charge on any atom is 0.305 e. The Hall–Kier alpha value is -2.55. The standard InChI is InChI=1S/C20H13ClN2O4S2/c21-9-5-7-10(8-6-9)23-18(25)14-13(11-3-1-2-4-12(11)24)15-17(22-20(27)29-15)28-16(14)19(23)26/h1-8,13-14,16,24H,(H,22,27). The van der Waals surface area contributed by atoms with Crippen LogP contribution >= 0.6 is 34.7 Å². The molecule has 3 aromatic rings. The molecule has 0 aliphatic carbocycles. The first-order chi connectivity index (χ1) is 14.0. The van der Waals surface area contributed by atoms with Crippen LogP contribution in [-0.2, 0) is 9.59 Å². The number of rotatable bonds is 2. The van der Waals surface area contributed by atoms with E-state index in [-0.39, 0.29) is 22.4 Å². The fraction of sp³-hybridized carbons (Fsp3) is 0.150. The molecule has 2 aliphatic rings. The summed E-state index contributed by atoms with van der Waals surface area (Å²) in [5.74, 6) is -1.98. The van der Waals surface area contributed by atoms with Crippen LogP contribution in [0.15, 0.2) is 58.4 Å². The number of hydrogen-bond donors (Lipinski definition) is 2. The number of benzene rings is 2. The molecule has 0 bridgehead atoms. The van der Waals surface area contributed by atoms with Crippen molar-refractivity contribution in [1.82, 2.24) is 4.98 Å². The highest BCUT2D eigenvalue weighted by Gasteiger charge is 2.56. The zero-order valence-corrected chi connectivity index (χ0v) is 17.1. The van der Waals surface area contributed by atoms with Crippen LogP contribution in [0.5, 0.6) is 5.75 Å². The van der Waals surface area contributed by atoms with Crippen LogP contribution in [0.1, 0.15) is 16.4 Å². The van der Waals surface area contributed by atoms with Crippen molar-refractivity contribution in [3.8, 4) is 5.75 Å². The summed E-state index contributed by atoms with van der Waals surface area (Å²) in [6, 6.07) is 13.2. The van der Waals surface area contributed by atoms with E-state index in [1.807, 2.05) is 0 Å². The van der Waals surface area contributed by atoms with Crippen LogP contribution in [-0.4, -0.2) is 27.2 Å². The molecule has 3 heterocycles. The molecule has 0 spiro atoms. The van der Waals surface area contributed by atoms with Crippen molar-refractivity contribution < 1.29 is 14.7 Å². The Morgan fingerprint density at radius 3 is 2.45 bits per heavy atom. The number of fused-ring (bicyclic) bond motifs is 2. The first-order valence-electron chi connectivity index (χ1n) is 8.76. The predicted molar refractivity (Wildman–Crippen MR) is 112 cm³/mol. The minimum atomic E-state index is -0.726. The monoisotopic (exact) mass is 444 g/mol. The number of amides is 2. The van der Waals surface area contributed by atoms with Crippen LogP contribution in [0.25, 0.3) is 0 Å². The maximum absolute atomic E-state index is 13.4. The van der Waals surface area contributed by atoms with Crippen LogP contribution in [0.2, 0.25) is 5.02 Å². The number of anilines is 1. The number of aromatic hydroxyl groups is 1. The number of thiazole rings is 1. The number of nitrogens with one attached hydrogen (secondary N) is 1. The molecule has 9 heteroatoms. The lowest BCUT2D eigenvalue weighted by Gasteiger charge is -2.30. The number of imide groups is 1. The maximum atomic E-state index is 13.4. The van der Waals surface area contributed by atoms with Crippen LogP contribution in [0, 0.1) is 5.92 Å². The Balaban J connectivity index is 1.67. The third-order valence-corrected chi connectivity index (χ3v) is 7.83. The molecular weight excluding hydrogens is 432 g/mol. The lowest BCUT2D eigenvalue weighted by Crippen LogP contribution is -2.32. The van der Waals surface area contributed by atoms with Gasteiger partial charge >= 0.3 is 4.87 Å². The van der Waals surface area contributed by atoms with Gasteiger partial charge in [-0.2, -0.15) is 0 Å². The Kier molecular flexibility index (Phi) is 4.31. The summed E-state index contributed by atoms with van der Waals surface area (Å²) in [5, 5.41) is 10.9. The molecule has 6 nitrogen and oxygen atoms in total. The lowest BCUT2D eigenvalue weighted by atomic mass is 9.82. The lowest BCUT2D eigenvalue weighted by molar-refractivity contribution is -0.122. The molecule has 2 N–H and O–H groups in total. The molecule has 3 unspecified atom stereocenters. The van der Waals surface area contributed by atoms with Gasteiger partial charge < -0.3 is 10.1 Å². The zero-order valence-electron chi connectivity index (χ0n) is 14.7. The highest BCUT2D eigenvalue weighted by molar-refractivity contribution is 8.00. The Labute approximate surface area is 178 Å².